The summed E-state index contributed by atoms with van der Waals surface area (Å²) in [5, 5.41) is 11.7. The third-order valence-electron chi connectivity index (χ3n) is 2.47. The minimum Gasteiger partial charge on any atom is -0.494 e. The van der Waals surface area contributed by atoms with E-state index in [0.29, 0.717) is 5.00 Å². The van der Waals surface area contributed by atoms with Crippen molar-refractivity contribution < 1.29 is 23.8 Å². The lowest BCUT2D eigenvalue weighted by molar-refractivity contribution is 0.0702. The number of ether oxygens (including phenoxy) is 1. The fourth-order valence-electron chi connectivity index (χ4n) is 1.51. The van der Waals surface area contributed by atoms with Crippen LogP contribution in [0.15, 0.2) is 30.3 Å². The van der Waals surface area contributed by atoms with E-state index in [4.69, 9.17) is 9.84 Å². The van der Waals surface area contributed by atoms with Gasteiger partial charge in [-0.3, -0.25) is 4.79 Å². The molecule has 1 aromatic carbocycles. The maximum absolute atomic E-state index is 13.5. The van der Waals surface area contributed by atoms with Crippen LogP contribution in [0.1, 0.15) is 20.0 Å². The lowest BCUT2D eigenvalue weighted by Crippen LogP contribution is -2.11. The fraction of sp³-hybridized carbons (Fsp3) is 0.0769. The Labute approximate surface area is 117 Å². The van der Waals surface area contributed by atoms with E-state index < -0.39 is 17.7 Å². The summed E-state index contributed by atoms with van der Waals surface area (Å²) in [5.74, 6) is -2.18. The van der Waals surface area contributed by atoms with Gasteiger partial charge >= 0.3 is 5.97 Å². The number of rotatable bonds is 4. The predicted octanol–water partition coefficient (Wildman–Crippen LogP) is 2.85. The highest BCUT2D eigenvalue weighted by Crippen LogP contribution is 2.23. The van der Waals surface area contributed by atoms with Crippen LogP contribution in [0, 0.1) is 5.82 Å². The van der Waals surface area contributed by atoms with E-state index in [-0.39, 0.29) is 16.2 Å². The largest absolute Gasteiger partial charge is 0.494 e. The third kappa shape index (κ3) is 2.94. The summed E-state index contributed by atoms with van der Waals surface area (Å²) in [6, 6.07) is 6.69. The molecule has 5 nitrogen and oxygen atoms in total. The van der Waals surface area contributed by atoms with Gasteiger partial charge in [0.1, 0.15) is 4.88 Å². The number of methoxy groups -OCH3 is 1. The van der Waals surface area contributed by atoms with Crippen molar-refractivity contribution in [3.63, 3.8) is 0 Å². The second kappa shape index (κ2) is 5.70. The van der Waals surface area contributed by atoms with Gasteiger partial charge in [-0.25, -0.2) is 9.18 Å². The zero-order valence-electron chi connectivity index (χ0n) is 10.3. The van der Waals surface area contributed by atoms with E-state index in [2.05, 4.69) is 5.32 Å². The summed E-state index contributed by atoms with van der Waals surface area (Å²) in [6.45, 7) is 0. The molecule has 104 valence electrons. The molecule has 0 aliphatic rings. The molecule has 0 atom stereocenters. The number of carboxylic acid groups (broad SMARTS) is 1. The molecule has 1 heterocycles. The summed E-state index contributed by atoms with van der Waals surface area (Å²) in [7, 11) is 1.33. The van der Waals surface area contributed by atoms with Gasteiger partial charge in [-0.1, -0.05) is 0 Å². The molecule has 0 saturated heterocycles. The number of hydrogen-bond donors (Lipinski definition) is 2. The van der Waals surface area contributed by atoms with Gasteiger partial charge in [0.25, 0.3) is 5.91 Å². The van der Waals surface area contributed by atoms with Gasteiger partial charge in [-0.05, 0) is 30.3 Å². The molecule has 0 spiro atoms. The summed E-state index contributed by atoms with van der Waals surface area (Å²) >= 11 is 0.926. The molecule has 0 unspecified atom stereocenters. The molecule has 2 rings (SSSR count). The lowest BCUT2D eigenvalue weighted by atomic mass is 10.2. The molecule has 2 aromatic rings. The van der Waals surface area contributed by atoms with E-state index in [1.807, 2.05) is 0 Å². The van der Waals surface area contributed by atoms with Gasteiger partial charge in [0.2, 0.25) is 0 Å². The van der Waals surface area contributed by atoms with Gasteiger partial charge in [0, 0.05) is 5.56 Å². The number of carbonyl (C=O) groups excluding carboxylic acids is 1. The molecular weight excluding hydrogens is 285 g/mol. The molecule has 0 saturated carbocycles. The monoisotopic (exact) mass is 295 g/mol. The van der Waals surface area contributed by atoms with Crippen molar-refractivity contribution in [1.29, 1.82) is 0 Å². The molecular formula is C13H10FNO4S. The van der Waals surface area contributed by atoms with Crippen LogP contribution in [0.25, 0.3) is 0 Å². The Bertz CT molecular complexity index is 668. The highest BCUT2D eigenvalue weighted by molar-refractivity contribution is 7.18. The number of anilines is 1. The van der Waals surface area contributed by atoms with Crippen LogP contribution in [-0.2, 0) is 0 Å². The quantitative estimate of drug-likeness (QED) is 0.909. The maximum Gasteiger partial charge on any atom is 0.345 e. The average molecular weight is 295 g/mol. The van der Waals surface area contributed by atoms with E-state index in [1.54, 1.807) is 0 Å². The van der Waals surface area contributed by atoms with Crippen LogP contribution in [0.2, 0.25) is 0 Å². The number of benzene rings is 1. The highest BCUT2D eigenvalue weighted by Gasteiger charge is 2.13. The van der Waals surface area contributed by atoms with Crippen LogP contribution in [0.3, 0.4) is 0 Å². The van der Waals surface area contributed by atoms with E-state index in [0.717, 1.165) is 17.4 Å². The summed E-state index contributed by atoms with van der Waals surface area (Å²) < 4.78 is 18.2. The van der Waals surface area contributed by atoms with Crippen molar-refractivity contribution in [3.8, 4) is 5.75 Å². The zero-order chi connectivity index (χ0) is 14.7. The number of nitrogens with one attached hydrogen (secondary N) is 1. The number of carboxylic acids is 1. The van der Waals surface area contributed by atoms with Crippen molar-refractivity contribution in [3.05, 3.63) is 46.6 Å². The molecule has 7 heteroatoms. The molecule has 1 amide bonds. The van der Waals surface area contributed by atoms with Gasteiger partial charge in [-0.2, -0.15) is 0 Å². The van der Waals surface area contributed by atoms with Crippen LogP contribution >= 0.6 is 11.3 Å². The SMILES string of the molecule is COc1ccc(C(=O)Nc2ccc(C(=O)O)s2)cc1F. The first-order chi connectivity index (χ1) is 9.51. The zero-order valence-corrected chi connectivity index (χ0v) is 11.2. The Morgan fingerprint density at radius 3 is 2.60 bits per heavy atom. The number of carbonyl (C=O) groups is 2. The Balaban J connectivity index is 2.15. The first-order valence-corrected chi connectivity index (χ1v) is 6.31. The molecule has 1 aromatic heterocycles. The van der Waals surface area contributed by atoms with E-state index >= 15 is 0 Å². The summed E-state index contributed by atoms with van der Waals surface area (Å²) in [4.78, 5) is 22.7. The smallest absolute Gasteiger partial charge is 0.345 e. The molecule has 20 heavy (non-hydrogen) atoms. The minimum absolute atomic E-state index is 0.0471. The van der Waals surface area contributed by atoms with Crippen molar-refractivity contribution in [2.45, 2.75) is 0 Å². The Hall–Kier alpha value is -2.41. The van der Waals surface area contributed by atoms with Crippen LogP contribution in [-0.4, -0.2) is 24.1 Å². The first kappa shape index (κ1) is 14.0. The van der Waals surface area contributed by atoms with Crippen molar-refractivity contribution in [2.75, 3.05) is 12.4 Å². The van der Waals surface area contributed by atoms with Crippen molar-refractivity contribution >= 4 is 28.2 Å². The van der Waals surface area contributed by atoms with Gasteiger partial charge in [-0.15, -0.1) is 11.3 Å². The second-order valence-corrected chi connectivity index (χ2v) is 4.86. The molecule has 0 radical (unpaired) electrons. The molecule has 2 N–H and O–H groups in total. The van der Waals surface area contributed by atoms with Crippen molar-refractivity contribution in [1.82, 2.24) is 0 Å². The number of aromatic carboxylic acids is 1. The molecule has 0 aliphatic carbocycles. The number of hydrogen-bond acceptors (Lipinski definition) is 4. The van der Waals surface area contributed by atoms with Crippen LogP contribution < -0.4 is 10.1 Å². The minimum atomic E-state index is -1.06. The second-order valence-electron chi connectivity index (χ2n) is 3.77. The Morgan fingerprint density at radius 2 is 2.05 bits per heavy atom. The lowest BCUT2D eigenvalue weighted by Gasteiger charge is -2.05. The molecule has 0 fully saturated rings. The third-order valence-corrected chi connectivity index (χ3v) is 3.46. The van der Waals surface area contributed by atoms with Crippen LogP contribution in [0.4, 0.5) is 9.39 Å². The molecule has 0 bridgehead atoms. The Morgan fingerprint density at radius 1 is 1.30 bits per heavy atom. The van der Waals surface area contributed by atoms with Gasteiger partial charge < -0.3 is 15.2 Å². The average Bonchev–Trinajstić information content (AvgIpc) is 2.87. The number of amides is 1. The normalized spacial score (nSPS) is 10.1. The topological polar surface area (TPSA) is 75.6 Å². The molecule has 0 aliphatic heterocycles. The maximum atomic E-state index is 13.5. The standard InChI is InChI=1S/C13H10FNO4S/c1-19-9-3-2-7(6-8(9)14)12(16)15-11-5-4-10(20-11)13(17)18/h2-6H,1H3,(H,15,16)(H,17,18). The summed E-state index contributed by atoms with van der Waals surface area (Å²) in [5.41, 5.74) is 0.119. The van der Waals surface area contributed by atoms with Gasteiger partial charge in [0.05, 0.1) is 12.1 Å². The summed E-state index contributed by atoms with van der Waals surface area (Å²) in [6.07, 6.45) is 0. The first-order valence-electron chi connectivity index (χ1n) is 5.49. The number of thiophene rings is 1. The Kier molecular flexibility index (Phi) is 3.99. The van der Waals surface area contributed by atoms with Crippen LogP contribution in [0.5, 0.6) is 5.75 Å². The van der Waals surface area contributed by atoms with E-state index in [9.17, 15) is 14.0 Å². The van der Waals surface area contributed by atoms with Gasteiger partial charge in [0.15, 0.2) is 11.6 Å². The number of halogens is 1. The fourth-order valence-corrected chi connectivity index (χ4v) is 2.25. The van der Waals surface area contributed by atoms with E-state index in [1.165, 1.54) is 31.4 Å². The highest BCUT2D eigenvalue weighted by atomic mass is 32.1. The van der Waals surface area contributed by atoms with Crippen molar-refractivity contribution in [2.24, 2.45) is 0 Å². The predicted molar refractivity (Wildman–Crippen MR) is 72.2 cm³/mol.